The number of aliphatic carboxylic acids is 1. The van der Waals surface area contributed by atoms with Crippen molar-refractivity contribution in [3.8, 4) is 0 Å². The SMILES string of the molecule is O=C(O)C=Cc1ccccc1C=CCc1ccccc1. The molecule has 2 aromatic carbocycles. The Bertz CT molecular complexity index is 625. The summed E-state index contributed by atoms with van der Waals surface area (Å²) >= 11 is 0. The van der Waals surface area contributed by atoms with E-state index in [1.54, 1.807) is 6.08 Å². The molecule has 0 aliphatic rings. The van der Waals surface area contributed by atoms with Gasteiger partial charge in [-0.3, -0.25) is 0 Å². The third-order valence-electron chi connectivity index (χ3n) is 2.90. The van der Waals surface area contributed by atoms with Gasteiger partial charge in [0.2, 0.25) is 0 Å². The Morgan fingerprint density at radius 1 is 0.900 bits per heavy atom. The van der Waals surface area contributed by atoms with Crippen molar-refractivity contribution in [1.82, 2.24) is 0 Å². The summed E-state index contributed by atoms with van der Waals surface area (Å²) in [5.74, 6) is -0.937. The molecule has 0 radical (unpaired) electrons. The average molecular weight is 264 g/mol. The van der Waals surface area contributed by atoms with Crippen molar-refractivity contribution >= 4 is 18.1 Å². The van der Waals surface area contributed by atoms with Crippen LogP contribution in [0.15, 0.2) is 66.7 Å². The van der Waals surface area contributed by atoms with E-state index in [0.717, 1.165) is 23.6 Å². The van der Waals surface area contributed by atoms with Crippen LogP contribution < -0.4 is 0 Å². The largest absolute Gasteiger partial charge is 0.478 e. The van der Waals surface area contributed by atoms with Crippen LogP contribution in [0, 0.1) is 0 Å². The first kappa shape index (κ1) is 13.8. The molecule has 0 amide bonds. The Labute approximate surface area is 118 Å². The second-order valence-corrected chi connectivity index (χ2v) is 4.39. The predicted molar refractivity (Wildman–Crippen MR) is 82.3 cm³/mol. The van der Waals surface area contributed by atoms with E-state index >= 15 is 0 Å². The highest BCUT2D eigenvalue weighted by Crippen LogP contribution is 2.13. The molecule has 0 fully saturated rings. The van der Waals surface area contributed by atoms with Crippen molar-refractivity contribution in [1.29, 1.82) is 0 Å². The Hall–Kier alpha value is -2.61. The zero-order chi connectivity index (χ0) is 14.2. The van der Waals surface area contributed by atoms with Crippen molar-refractivity contribution in [2.45, 2.75) is 6.42 Å². The summed E-state index contributed by atoms with van der Waals surface area (Å²) in [7, 11) is 0. The lowest BCUT2D eigenvalue weighted by atomic mass is 10.1. The quantitative estimate of drug-likeness (QED) is 0.827. The number of hydrogen-bond acceptors (Lipinski definition) is 1. The van der Waals surface area contributed by atoms with E-state index in [1.807, 2.05) is 48.5 Å². The van der Waals surface area contributed by atoms with Gasteiger partial charge in [-0.2, -0.15) is 0 Å². The predicted octanol–water partition coefficient (Wildman–Crippen LogP) is 4.04. The van der Waals surface area contributed by atoms with E-state index in [9.17, 15) is 4.79 Å². The van der Waals surface area contributed by atoms with Crippen LogP contribution in [0.4, 0.5) is 0 Å². The first-order valence-electron chi connectivity index (χ1n) is 6.46. The summed E-state index contributed by atoms with van der Waals surface area (Å²) < 4.78 is 0. The summed E-state index contributed by atoms with van der Waals surface area (Å²) in [6, 6.07) is 17.9. The van der Waals surface area contributed by atoms with Crippen LogP contribution in [0.1, 0.15) is 16.7 Å². The molecule has 0 aliphatic carbocycles. The highest BCUT2D eigenvalue weighted by molar-refractivity contribution is 5.86. The summed E-state index contributed by atoms with van der Waals surface area (Å²) in [5, 5.41) is 8.69. The molecule has 0 aromatic heterocycles. The van der Waals surface area contributed by atoms with Crippen molar-refractivity contribution in [3.63, 3.8) is 0 Å². The molecule has 2 heteroatoms. The molecule has 0 heterocycles. The summed E-state index contributed by atoms with van der Waals surface area (Å²) in [4.78, 5) is 10.6. The van der Waals surface area contributed by atoms with Crippen LogP contribution in [0.3, 0.4) is 0 Å². The fourth-order valence-corrected chi connectivity index (χ4v) is 1.91. The van der Waals surface area contributed by atoms with E-state index in [1.165, 1.54) is 5.56 Å². The van der Waals surface area contributed by atoms with Crippen LogP contribution >= 0.6 is 0 Å². The molecule has 0 atom stereocenters. The molecule has 2 nitrogen and oxygen atoms in total. The molecule has 100 valence electrons. The number of allylic oxidation sites excluding steroid dienone is 1. The van der Waals surface area contributed by atoms with Crippen molar-refractivity contribution in [2.24, 2.45) is 0 Å². The number of hydrogen-bond donors (Lipinski definition) is 1. The van der Waals surface area contributed by atoms with Gasteiger partial charge in [0.1, 0.15) is 0 Å². The van der Waals surface area contributed by atoms with Crippen LogP contribution in [-0.2, 0) is 11.2 Å². The van der Waals surface area contributed by atoms with Gasteiger partial charge in [0.15, 0.2) is 0 Å². The maximum atomic E-state index is 10.6. The highest BCUT2D eigenvalue weighted by Gasteiger charge is 1.95. The second kappa shape index (κ2) is 7.10. The fraction of sp³-hybridized carbons (Fsp3) is 0.0556. The van der Waals surface area contributed by atoms with Gasteiger partial charge in [0.25, 0.3) is 0 Å². The molecule has 0 saturated heterocycles. The van der Waals surface area contributed by atoms with Crippen LogP contribution in [0.25, 0.3) is 12.2 Å². The molecular weight excluding hydrogens is 248 g/mol. The summed E-state index contributed by atoms with van der Waals surface area (Å²) in [6.45, 7) is 0. The number of benzene rings is 2. The topological polar surface area (TPSA) is 37.3 Å². The molecule has 0 bridgehead atoms. The molecule has 2 aromatic rings. The first-order valence-corrected chi connectivity index (χ1v) is 6.46. The maximum Gasteiger partial charge on any atom is 0.328 e. The molecule has 1 N–H and O–H groups in total. The number of carboxylic acid groups (broad SMARTS) is 1. The Kier molecular flexibility index (Phi) is 4.90. The Morgan fingerprint density at radius 3 is 2.15 bits per heavy atom. The number of carbonyl (C=O) groups is 1. The van der Waals surface area contributed by atoms with Gasteiger partial charge in [0.05, 0.1) is 0 Å². The standard InChI is InChI=1S/C18H16O2/c19-18(20)14-13-17-11-5-4-10-16(17)12-6-9-15-7-2-1-3-8-15/h1-8,10-14H,9H2,(H,19,20). The van der Waals surface area contributed by atoms with Gasteiger partial charge in [-0.15, -0.1) is 0 Å². The second-order valence-electron chi connectivity index (χ2n) is 4.39. The molecule has 0 saturated carbocycles. The smallest absolute Gasteiger partial charge is 0.328 e. The number of rotatable bonds is 5. The molecule has 0 unspecified atom stereocenters. The van der Waals surface area contributed by atoms with E-state index in [-0.39, 0.29) is 0 Å². The maximum absolute atomic E-state index is 10.6. The molecule has 20 heavy (non-hydrogen) atoms. The van der Waals surface area contributed by atoms with Gasteiger partial charge in [-0.05, 0) is 29.2 Å². The first-order chi connectivity index (χ1) is 9.75. The van der Waals surface area contributed by atoms with Crippen LogP contribution in [0.5, 0.6) is 0 Å². The average Bonchev–Trinajstić information content (AvgIpc) is 2.47. The minimum Gasteiger partial charge on any atom is -0.478 e. The van der Waals surface area contributed by atoms with E-state index in [0.29, 0.717) is 0 Å². The molecule has 2 rings (SSSR count). The van der Waals surface area contributed by atoms with Gasteiger partial charge in [0, 0.05) is 6.08 Å². The lowest BCUT2D eigenvalue weighted by Gasteiger charge is -2.00. The zero-order valence-electron chi connectivity index (χ0n) is 11.1. The van der Waals surface area contributed by atoms with Gasteiger partial charge < -0.3 is 5.11 Å². The summed E-state index contributed by atoms with van der Waals surface area (Å²) in [6.07, 6.45) is 7.74. The normalized spacial score (nSPS) is 11.2. The molecule has 0 aliphatic heterocycles. The van der Waals surface area contributed by atoms with Crippen LogP contribution in [0.2, 0.25) is 0 Å². The van der Waals surface area contributed by atoms with E-state index in [4.69, 9.17) is 5.11 Å². The third kappa shape index (κ3) is 4.25. The third-order valence-corrected chi connectivity index (χ3v) is 2.90. The molecular formula is C18H16O2. The minimum atomic E-state index is -0.937. The summed E-state index contributed by atoms with van der Waals surface area (Å²) in [5.41, 5.74) is 3.17. The van der Waals surface area contributed by atoms with Gasteiger partial charge in [-0.25, -0.2) is 4.79 Å². The lowest BCUT2D eigenvalue weighted by Crippen LogP contribution is -1.87. The van der Waals surface area contributed by atoms with Crippen LogP contribution in [-0.4, -0.2) is 11.1 Å². The Balaban J connectivity index is 2.11. The highest BCUT2D eigenvalue weighted by atomic mass is 16.4. The van der Waals surface area contributed by atoms with Crippen molar-refractivity contribution < 1.29 is 9.90 Å². The van der Waals surface area contributed by atoms with Gasteiger partial charge >= 0.3 is 5.97 Å². The monoisotopic (exact) mass is 264 g/mol. The fourth-order valence-electron chi connectivity index (χ4n) is 1.91. The van der Waals surface area contributed by atoms with Crippen molar-refractivity contribution in [2.75, 3.05) is 0 Å². The zero-order valence-corrected chi connectivity index (χ0v) is 11.1. The van der Waals surface area contributed by atoms with Crippen molar-refractivity contribution in [3.05, 3.63) is 83.4 Å². The lowest BCUT2D eigenvalue weighted by molar-refractivity contribution is -0.131. The molecule has 0 spiro atoms. The Morgan fingerprint density at radius 2 is 1.50 bits per heavy atom. The van der Waals surface area contributed by atoms with E-state index in [2.05, 4.69) is 18.2 Å². The minimum absolute atomic E-state index is 0.859. The van der Waals surface area contributed by atoms with E-state index < -0.39 is 5.97 Å². The number of carboxylic acids is 1. The van der Waals surface area contributed by atoms with Gasteiger partial charge in [-0.1, -0.05) is 66.7 Å².